The molecule has 0 saturated carbocycles. The summed E-state index contributed by atoms with van der Waals surface area (Å²) in [6.45, 7) is 5.97. The molecule has 5 nitrogen and oxygen atoms in total. The summed E-state index contributed by atoms with van der Waals surface area (Å²) in [6.07, 6.45) is 0. The van der Waals surface area contributed by atoms with Crippen LogP contribution in [-0.2, 0) is 0 Å². The van der Waals surface area contributed by atoms with Gasteiger partial charge >= 0.3 is 5.97 Å². The number of hydrogen-bond donors (Lipinski definition) is 2. The van der Waals surface area contributed by atoms with E-state index >= 15 is 0 Å². The zero-order valence-corrected chi connectivity index (χ0v) is 13.2. The number of anilines is 1. The SMILES string of the molecule is COc1ccc(C(=O)O)cc1NC(C)c1sc(C)nc1C. The number of carboxylic acid groups (broad SMARTS) is 1. The summed E-state index contributed by atoms with van der Waals surface area (Å²) in [5.41, 5.74) is 1.88. The third-order valence-electron chi connectivity index (χ3n) is 3.15. The van der Waals surface area contributed by atoms with Crippen molar-refractivity contribution >= 4 is 23.0 Å². The molecule has 1 atom stereocenters. The number of nitrogens with zero attached hydrogens (tertiary/aromatic N) is 1. The van der Waals surface area contributed by atoms with Crippen molar-refractivity contribution in [1.29, 1.82) is 0 Å². The van der Waals surface area contributed by atoms with Crippen LogP contribution in [0.5, 0.6) is 5.75 Å². The number of rotatable bonds is 5. The normalized spacial score (nSPS) is 12.0. The molecule has 0 radical (unpaired) electrons. The minimum absolute atomic E-state index is 0.0224. The van der Waals surface area contributed by atoms with E-state index in [9.17, 15) is 4.79 Å². The highest BCUT2D eigenvalue weighted by molar-refractivity contribution is 7.11. The number of hydrogen-bond acceptors (Lipinski definition) is 5. The first kappa shape index (κ1) is 15.3. The fourth-order valence-corrected chi connectivity index (χ4v) is 3.13. The molecule has 2 N–H and O–H groups in total. The predicted molar refractivity (Wildman–Crippen MR) is 83.6 cm³/mol. The van der Waals surface area contributed by atoms with Crippen molar-refractivity contribution in [3.63, 3.8) is 0 Å². The number of ether oxygens (including phenoxy) is 1. The van der Waals surface area contributed by atoms with Gasteiger partial charge in [0.05, 0.1) is 35.1 Å². The first-order valence-electron chi connectivity index (χ1n) is 6.54. The van der Waals surface area contributed by atoms with Gasteiger partial charge in [-0.1, -0.05) is 0 Å². The van der Waals surface area contributed by atoms with E-state index < -0.39 is 5.97 Å². The Morgan fingerprint density at radius 1 is 1.43 bits per heavy atom. The Kier molecular flexibility index (Phi) is 4.47. The molecule has 0 saturated heterocycles. The van der Waals surface area contributed by atoms with Crippen LogP contribution in [-0.4, -0.2) is 23.2 Å². The lowest BCUT2D eigenvalue weighted by molar-refractivity contribution is 0.0697. The lowest BCUT2D eigenvalue weighted by Crippen LogP contribution is -2.08. The largest absolute Gasteiger partial charge is 0.495 e. The molecular formula is C15H18N2O3S. The van der Waals surface area contributed by atoms with Crippen molar-refractivity contribution in [1.82, 2.24) is 4.98 Å². The number of benzene rings is 1. The molecule has 1 unspecified atom stereocenters. The molecule has 1 aromatic carbocycles. The molecule has 6 heteroatoms. The maximum absolute atomic E-state index is 11.1. The van der Waals surface area contributed by atoms with Crippen LogP contribution >= 0.6 is 11.3 Å². The number of aromatic nitrogens is 1. The third-order valence-corrected chi connectivity index (χ3v) is 4.41. The number of carbonyl (C=O) groups is 1. The Bertz CT molecular complexity index is 667. The fourth-order valence-electron chi connectivity index (χ4n) is 2.20. The first-order chi connectivity index (χ1) is 9.92. The predicted octanol–water partition coefficient (Wildman–Crippen LogP) is 3.64. The fraction of sp³-hybridized carbons (Fsp3) is 0.333. The number of aryl methyl sites for hydroxylation is 2. The van der Waals surface area contributed by atoms with Crippen molar-refractivity contribution in [3.05, 3.63) is 39.3 Å². The molecule has 112 valence electrons. The van der Waals surface area contributed by atoms with Gasteiger partial charge in [0.2, 0.25) is 0 Å². The highest BCUT2D eigenvalue weighted by atomic mass is 32.1. The molecule has 2 rings (SSSR count). The molecule has 1 aromatic heterocycles. The lowest BCUT2D eigenvalue weighted by atomic mass is 10.1. The van der Waals surface area contributed by atoms with Crippen LogP contribution in [0, 0.1) is 13.8 Å². The van der Waals surface area contributed by atoms with Crippen LogP contribution in [0.2, 0.25) is 0 Å². The van der Waals surface area contributed by atoms with Crippen molar-refractivity contribution in [2.45, 2.75) is 26.8 Å². The van der Waals surface area contributed by atoms with Gasteiger partial charge in [-0.15, -0.1) is 11.3 Å². The van der Waals surface area contributed by atoms with E-state index in [4.69, 9.17) is 9.84 Å². The molecule has 21 heavy (non-hydrogen) atoms. The molecule has 0 aliphatic heterocycles. The van der Waals surface area contributed by atoms with E-state index in [1.165, 1.54) is 6.07 Å². The van der Waals surface area contributed by atoms with Crippen LogP contribution in [0.25, 0.3) is 0 Å². The number of nitrogens with one attached hydrogen (secondary N) is 1. The van der Waals surface area contributed by atoms with Crippen LogP contribution in [0.4, 0.5) is 5.69 Å². The lowest BCUT2D eigenvalue weighted by Gasteiger charge is -2.17. The molecule has 2 aromatic rings. The molecule has 0 amide bonds. The molecule has 0 fully saturated rings. The van der Waals surface area contributed by atoms with Gasteiger partial charge in [-0.2, -0.15) is 0 Å². The summed E-state index contributed by atoms with van der Waals surface area (Å²) in [5, 5.41) is 13.4. The minimum Gasteiger partial charge on any atom is -0.495 e. The molecule has 0 spiro atoms. The summed E-state index contributed by atoms with van der Waals surface area (Å²) in [6, 6.07) is 4.79. The third kappa shape index (κ3) is 3.33. The summed E-state index contributed by atoms with van der Waals surface area (Å²) in [5.74, 6) is -0.344. The average molecular weight is 306 g/mol. The zero-order valence-electron chi connectivity index (χ0n) is 12.4. The Hall–Kier alpha value is -2.08. The molecular weight excluding hydrogens is 288 g/mol. The summed E-state index contributed by atoms with van der Waals surface area (Å²) < 4.78 is 5.28. The van der Waals surface area contributed by atoms with Crippen molar-refractivity contribution < 1.29 is 14.6 Å². The van der Waals surface area contributed by atoms with Gasteiger partial charge in [0.25, 0.3) is 0 Å². The highest BCUT2D eigenvalue weighted by Gasteiger charge is 2.16. The van der Waals surface area contributed by atoms with Gasteiger partial charge in [0.1, 0.15) is 5.75 Å². The zero-order chi connectivity index (χ0) is 15.6. The van der Waals surface area contributed by atoms with Gasteiger partial charge < -0.3 is 15.2 Å². The second-order valence-corrected chi connectivity index (χ2v) is 6.00. The number of aromatic carboxylic acids is 1. The van der Waals surface area contributed by atoms with Gasteiger partial charge in [-0.05, 0) is 39.0 Å². The van der Waals surface area contributed by atoms with E-state index in [0.29, 0.717) is 11.4 Å². The summed E-state index contributed by atoms with van der Waals surface area (Å²) in [4.78, 5) is 16.6. The van der Waals surface area contributed by atoms with Gasteiger partial charge in [0.15, 0.2) is 0 Å². The van der Waals surface area contributed by atoms with Gasteiger partial charge in [0, 0.05) is 4.88 Å². The quantitative estimate of drug-likeness (QED) is 0.882. The number of thiazole rings is 1. The van der Waals surface area contributed by atoms with E-state index in [0.717, 1.165) is 15.6 Å². The number of methoxy groups -OCH3 is 1. The van der Waals surface area contributed by atoms with Crippen molar-refractivity contribution in [2.75, 3.05) is 12.4 Å². The van der Waals surface area contributed by atoms with Crippen LogP contribution in [0.15, 0.2) is 18.2 Å². The Labute approximate surface area is 127 Å². The molecule has 0 aliphatic rings. The van der Waals surface area contributed by atoms with Gasteiger partial charge in [-0.25, -0.2) is 9.78 Å². The second-order valence-electron chi connectivity index (χ2n) is 4.77. The Balaban J connectivity index is 2.31. The molecule has 0 bridgehead atoms. The van der Waals surface area contributed by atoms with E-state index in [2.05, 4.69) is 10.3 Å². The van der Waals surface area contributed by atoms with Crippen LogP contribution in [0.1, 0.15) is 38.9 Å². The van der Waals surface area contributed by atoms with E-state index in [1.54, 1.807) is 30.6 Å². The average Bonchev–Trinajstić information content (AvgIpc) is 2.77. The Morgan fingerprint density at radius 3 is 2.67 bits per heavy atom. The maximum Gasteiger partial charge on any atom is 0.335 e. The van der Waals surface area contributed by atoms with E-state index in [1.807, 2.05) is 20.8 Å². The molecule has 1 heterocycles. The second kappa shape index (κ2) is 6.13. The summed E-state index contributed by atoms with van der Waals surface area (Å²) in [7, 11) is 1.56. The summed E-state index contributed by atoms with van der Waals surface area (Å²) >= 11 is 1.63. The number of carboxylic acids is 1. The maximum atomic E-state index is 11.1. The topological polar surface area (TPSA) is 71.5 Å². The van der Waals surface area contributed by atoms with Crippen molar-refractivity contribution in [2.24, 2.45) is 0 Å². The monoisotopic (exact) mass is 306 g/mol. The first-order valence-corrected chi connectivity index (χ1v) is 7.35. The molecule has 0 aliphatic carbocycles. The van der Waals surface area contributed by atoms with Crippen LogP contribution in [0.3, 0.4) is 0 Å². The Morgan fingerprint density at radius 2 is 2.14 bits per heavy atom. The van der Waals surface area contributed by atoms with Gasteiger partial charge in [-0.3, -0.25) is 0 Å². The van der Waals surface area contributed by atoms with E-state index in [-0.39, 0.29) is 11.6 Å². The minimum atomic E-state index is -0.960. The standard InChI is InChI=1S/C15H18N2O3S/c1-8-14(21-10(3)16-8)9(2)17-12-7-11(15(18)19)5-6-13(12)20-4/h5-7,9,17H,1-4H3,(H,18,19). The smallest absolute Gasteiger partial charge is 0.335 e. The van der Waals surface area contributed by atoms with Crippen LogP contribution < -0.4 is 10.1 Å². The highest BCUT2D eigenvalue weighted by Crippen LogP contribution is 2.32. The van der Waals surface area contributed by atoms with Crippen molar-refractivity contribution in [3.8, 4) is 5.75 Å².